The molecule has 0 rings (SSSR count). The van der Waals surface area contributed by atoms with Gasteiger partial charge in [0.2, 0.25) is 0 Å². The molecule has 0 aromatic rings. The molecule has 50 valence electrons. The SMILES string of the molecule is C[CH-]C(C)CCCC.[Li+]. The predicted molar refractivity (Wildman–Crippen MR) is 38.7 cm³/mol. The van der Waals surface area contributed by atoms with Crippen LogP contribution in [0.25, 0.3) is 0 Å². The van der Waals surface area contributed by atoms with E-state index < -0.39 is 0 Å². The summed E-state index contributed by atoms with van der Waals surface area (Å²) in [6, 6.07) is 0. The summed E-state index contributed by atoms with van der Waals surface area (Å²) in [5.41, 5.74) is 0. The second-order valence-electron chi connectivity index (χ2n) is 2.45. The van der Waals surface area contributed by atoms with Gasteiger partial charge in [0.25, 0.3) is 0 Å². The van der Waals surface area contributed by atoms with Crippen molar-refractivity contribution in [3.05, 3.63) is 6.42 Å². The molecule has 0 nitrogen and oxygen atoms in total. The van der Waals surface area contributed by atoms with Gasteiger partial charge in [0, 0.05) is 0 Å². The summed E-state index contributed by atoms with van der Waals surface area (Å²) in [7, 11) is 0. The third-order valence-electron chi connectivity index (χ3n) is 1.58. The number of unbranched alkanes of at least 4 members (excludes halogenated alkanes) is 1. The molecule has 0 heterocycles. The standard InChI is InChI=1S/C8H17.Li/c1-4-6-7-8(3)5-2;/h5,8H,4,6-7H2,1-3H3;/q-1;+1. The van der Waals surface area contributed by atoms with Crippen molar-refractivity contribution in [2.45, 2.75) is 40.0 Å². The number of hydrogen-bond acceptors (Lipinski definition) is 0. The van der Waals surface area contributed by atoms with Gasteiger partial charge in [-0.1, -0.05) is 33.1 Å². The van der Waals surface area contributed by atoms with Crippen LogP contribution < -0.4 is 18.9 Å². The van der Waals surface area contributed by atoms with Gasteiger partial charge >= 0.3 is 18.9 Å². The molecule has 0 aliphatic carbocycles. The zero-order valence-electron chi connectivity index (χ0n) is 7.28. The van der Waals surface area contributed by atoms with E-state index in [2.05, 4.69) is 27.2 Å². The van der Waals surface area contributed by atoms with Gasteiger partial charge in [-0.3, -0.25) is 0 Å². The topological polar surface area (TPSA) is 0 Å². The van der Waals surface area contributed by atoms with Crippen LogP contribution in [0.15, 0.2) is 0 Å². The number of rotatable bonds is 4. The molecule has 0 radical (unpaired) electrons. The molecule has 1 heteroatoms. The first-order chi connectivity index (χ1) is 3.81. The fraction of sp³-hybridized carbons (Fsp3) is 0.875. The van der Waals surface area contributed by atoms with Crippen LogP contribution in [0.3, 0.4) is 0 Å². The Balaban J connectivity index is 0. The van der Waals surface area contributed by atoms with Crippen molar-refractivity contribution in [1.82, 2.24) is 0 Å². The molecule has 0 saturated heterocycles. The van der Waals surface area contributed by atoms with E-state index in [0.29, 0.717) is 0 Å². The molecule has 0 amide bonds. The largest absolute Gasteiger partial charge is 1.00 e. The second kappa shape index (κ2) is 8.60. The Morgan fingerprint density at radius 1 is 1.44 bits per heavy atom. The molecule has 0 aliphatic rings. The maximum atomic E-state index is 2.27. The van der Waals surface area contributed by atoms with Gasteiger partial charge < -0.3 is 6.42 Å². The summed E-state index contributed by atoms with van der Waals surface area (Å²) < 4.78 is 0. The fourth-order valence-electron chi connectivity index (χ4n) is 0.693. The van der Waals surface area contributed by atoms with Crippen molar-refractivity contribution < 1.29 is 18.9 Å². The van der Waals surface area contributed by atoms with Crippen molar-refractivity contribution in [3.8, 4) is 0 Å². The van der Waals surface area contributed by atoms with Gasteiger partial charge in [0.1, 0.15) is 0 Å². The predicted octanol–water partition coefficient (Wildman–Crippen LogP) is 0.0409. The normalized spacial score (nSPS) is 12.3. The zero-order valence-corrected chi connectivity index (χ0v) is 7.28. The van der Waals surface area contributed by atoms with Crippen LogP contribution in [0, 0.1) is 12.3 Å². The molecule has 0 aliphatic heterocycles. The molecule has 0 aromatic heterocycles. The van der Waals surface area contributed by atoms with Crippen molar-refractivity contribution in [2.24, 2.45) is 5.92 Å². The molecule has 0 aromatic carbocycles. The van der Waals surface area contributed by atoms with Crippen LogP contribution in [0.1, 0.15) is 40.0 Å². The van der Waals surface area contributed by atoms with Crippen LogP contribution >= 0.6 is 0 Å². The van der Waals surface area contributed by atoms with Gasteiger partial charge in [-0.15, -0.1) is 0 Å². The minimum atomic E-state index is 0. The Morgan fingerprint density at radius 3 is 2.33 bits per heavy atom. The Bertz CT molecular complexity index is 43.8. The zero-order chi connectivity index (χ0) is 6.41. The Morgan fingerprint density at radius 2 is 2.00 bits per heavy atom. The van der Waals surface area contributed by atoms with E-state index in [-0.39, 0.29) is 18.9 Å². The molecule has 1 unspecified atom stereocenters. The summed E-state index contributed by atoms with van der Waals surface area (Å²) in [5.74, 6) is 0.829. The Labute approximate surface area is 71.6 Å². The van der Waals surface area contributed by atoms with Crippen molar-refractivity contribution >= 4 is 0 Å². The van der Waals surface area contributed by atoms with E-state index in [9.17, 15) is 0 Å². The van der Waals surface area contributed by atoms with Gasteiger partial charge in [-0.25, -0.2) is 0 Å². The summed E-state index contributed by atoms with van der Waals surface area (Å²) in [4.78, 5) is 0. The fourth-order valence-corrected chi connectivity index (χ4v) is 0.693. The van der Waals surface area contributed by atoms with E-state index in [1.165, 1.54) is 19.3 Å². The average molecular weight is 120 g/mol. The molecule has 0 bridgehead atoms. The summed E-state index contributed by atoms with van der Waals surface area (Å²) >= 11 is 0. The summed E-state index contributed by atoms with van der Waals surface area (Å²) in [6.45, 7) is 6.65. The van der Waals surface area contributed by atoms with Gasteiger partial charge in [0.15, 0.2) is 0 Å². The van der Waals surface area contributed by atoms with Gasteiger partial charge in [-0.05, 0) is 0 Å². The van der Waals surface area contributed by atoms with Crippen LogP contribution in [0.4, 0.5) is 0 Å². The number of hydrogen-bond donors (Lipinski definition) is 0. The Hall–Kier alpha value is 0.597. The van der Waals surface area contributed by atoms with Crippen LogP contribution in [0.5, 0.6) is 0 Å². The first kappa shape index (κ1) is 12.3. The molecule has 9 heavy (non-hydrogen) atoms. The van der Waals surface area contributed by atoms with E-state index >= 15 is 0 Å². The second-order valence-corrected chi connectivity index (χ2v) is 2.45. The van der Waals surface area contributed by atoms with Crippen molar-refractivity contribution in [3.63, 3.8) is 0 Å². The van der Waals surface area contributed by atoms with Crippen molar-refractivity contribution in [1.29, 1.82) is 0 Å². The van der Waals surface area contributed by atoms with E-state index in [1.54, 1.807) is 0 Å². The van der Waals surface area contributed by atoms with Gasteiger partial charge in [0.05, 0.1) is 0 Å². The monoisotopic (exact) mass is 120 g/mol. The molecule has 0 fully saturated rings. The van der Waals surface area contributed by atoms with E-state index in [4.69, 9.17) is 0 Å². The maximum Gasteiger partial charge on any atom is 1.00 e. The molecule has 0 N–H and O–H groups in total. The summed E-state index contributed by atoms with van der Waals surface area (Å²) in [5, 5.41) is 0. The first-order valence-electron chi connectivity index (χ1n) is 3.60. The van der Waals surface area contributed by atoms with E-state index in [1.807, 2.05) is 0 Å². The molecule has 1 atom stereocenters. The third kappa shape index (κ3) is 8.60. The minimum absolute atomic E-state index is 0. The van der Waals surface area contributed by atoms with Crippen LogP contribution in [-0.2, 0) is 0 Å². The molecule has 0 spiro atoms. The molecule has 0 saturated carbocycles. The minimum Gasteiger partial charge on any atom is -0.329 e. The summed E-state index contributed by atoms with van der Waals surface area (Å²) in [6.07, 6.45) is 6.35. The quantitative estimate of drug-likeness (QED) is 0.363. The van der Waals surface area contributed by atoms with Crippen molar-refractivity contribution in [2.75, 3.05) is 0 Å². The molecular weight excluding hydrogens is 103 g/mol. The third-order valence-corrected chi connectivity index (χ3v) is 1.58. The maximum absolute atomic E-state index is 2.27. The van der Waals surface area contributed by atoms with Crippen LogP contribution in [-0.4, -0.2) is 0 Å². The average Bonchev–Trinajstić information content (AvgIpc) is 1.83. The van der Waals surface area contributed by atoms with E-state index in [0.717, 1.165) is 5.92 Å². The van der Waals surface area contributed by atoms with Gasteiger partial charge in [-0.2, -0.15) is 12.8 Å². The Kier molecular flexibility index (Phi) is 11.7. The first-order valence-corrected chi connectivity index (χ1v) is 3.60. The van der Waals surface area contributed by atoms with Crippen LogP contribution in [0.2, 0.25) is 0 Å². The molecular formula is C8H17Li. The smallest absolute Gasteiger partial charge is 0.329 e.